The number of amides is 2. The van der Waals surface area contributed by atoms with Crippen molar-refractivity contribution in [1.29, 1.82) is 0 Å². The van der Waals surface area contributed by atoms with Crippen LogP contribution >= 0.6 is 0 Å². The number of hydrogen-bond acceptors (Lipinski definition) is 7. The Morgan fingerprint density at radius 3 is 2.33 bits per heavy atom. The lowest BCUT2D eigenvalue weighted by molar-refractivity contribution is -0.384. The molecule has 0 saturated heterocycles. The number of carbonyl (C=O) groups excluding carboxylic acids is 2. The van der Waals surface area contributed by atoms with Gasteiger partial charge < -0.3 is 15.0 Å². The van der Waals surface area contributed by atoms with Gasteiger partial charge in [0.2, 0.25) is 21.8 Å². The number of hydrogen-bond donors (Lipinski definition) is 1. The minimum atomic E-state index is -4.09. The summed E-state index contributed by atoms with van der Waals surface area (Å²) in [5, 5.41) is 14.5. The van der Waals surface area contributed by atoms with E-state index in [9.17, 15) is 28.1 Å². The minimum Gasteiger partial charge on any atom is -0.495 e. The molecule has 2 amide bonds. The standard InChI is InChI=1S/C27H36N4O7S/c1-5-23(27(33)28-21-8-6-7-9-21)29(17-20-12-10-19(2)11-13-20)26(32)18-30(39(4,36)37)24-16-22(31(34)35)14-15-25(24)38-3/h10-16,21,23H,5-9,17-18H2,1-4H3,(H,28,33)/t23-/m1/s1. The summed E-state index contributed by atoms with van der Waals surface area (Å²) in [6.45, 7) is 3.15. The summed E-state index contributed by atoms with van der Waals surface area (Å²) < 4.78 is 31.8. The molecule has 0 aromatic heterocycles. The third kappa shape index (κ3) is 7.69. The Morgan fingerprint density at radius 1 is 1.15 bits per heavy atom. The fourth-order valence-corrected chi connectivity index (χ4v) is 5.60. The molecule has 0 bridgehead atoms. The molecule has 0 spiro atoms. The van der Waals surface area contributed by atoms with Crippen LogP contribution in [0.3, 0.4) is 0 Å². The summed E-state index contributed by atoms with van der Waals surface area (Å²) in [5.41, 5.74) is 1.32. The number of nitro benzene ring substituents is 1. The Hall–Kier alpha value is -3.67. The third-order valence-corrected chi connectivity index (χ3v) is 8.01. The Bertz CT molecular complexity index is 1290. The van der Waals surface area contributed by atoms with Gasteiger partial charge in [0.15, 0.2) is 0 Å². The highest BCUT2D eigenvalue weighted by Gasteiger charge is 2.34. The second kappa shape index (κ2) is 12.9. The molecule has 0 heterocycles. The second-order valence-electron chi connectivity index (χ2n) is 9.80. The van der Waals surface area contributed by atoms with Crippen LogP contribution in [0.25, 0.3) is 0 Å². The van der Waals surface area contributed by atoms with Crippen molar-refractivity contribution in [2.24, 2.45) is 0 Å². The Morgan fingerprint density at radius 2 is 1.79 bits per heavy atom. The topological polar surface area (TPSA) is 139 Å². The molecule has 1 N–H and O–H groups in total. The number of carbonyl (C=O) groups is 2. The third-order valence-electron chi connectivity index (χ3n) is 6.88. The van der Waals surface area contributed by atoms with Gasteiger partial charge in [0.25, 0.3) is 5.69 Å². The summed E-state index contributed by atoms with van der Waals surface area (Å²) in [6.07, 6.45) is 5.04. The second-order valence-corrected chi connectivity index (χ2v) is 11.7. The van der Waals surface area contributed by atoms with Crippen LogP contribution in [0.1, 0.15) is 50.2 Å². The molecular formula is C27H36N4O7S. The van der Waals surface area contributed by atoms with E-state index in [1.807, 2.05) is 31.2 Å². The van der Waals surface area contributed by atoms with E-state index in [1.54, 1.807) is 6.92 Å². The van der Waals surface area contributed by atoms with E-state index in [-0.39, 0.29) is 35.6 Å². The highest BCUT2D eigenvalue weighted by atomic mass is 32.2. The van der Waals surface area contributed by atoms with Gasteiger partial charge in [-0.05, 0) is 37.8 Å². The number of nitrogens with zero attached hydrogens (tertiary/aromatic N) is 3. The van der Waals surface area contributed by atoms with Gasteiger partial charge in [0.1, 0.15) is 24.0 Å². The van der Waals surface area contributed by atoms with Crippen LogP contribution < -0.4 is 14.4 Å². The average Bonchev–Trinajstić information content (AvgIpc) is 3.40. The minimum absolute atomic E-state index is 0.0459. The summed E-state index contributed by atoms with van der Waals surface area (Å²) >= 11 is 0. The van der Waals surface area contributed by atoms with E-state index in [0.717, 1.165) is 53.4 Å². The molecule has 1 saturated carbocycles. The molecule has 11 nitrogen and oxygen atoms in total. The van der Waals surface area contributed by atoms with Crippen LogP contribution in [0, 0.1) is 17.0 Å². The first-order valence-corrected chi connectivity index (χ1v) is 14.7. The van der Waals surface area contributed by atoms with Crippen molar-refractivity contribution in [1.82, 2.24) is 10.2 Å². The molecule has 0 aliphatic heterocycles. The normalized spacial score (nSPS) is 14.5. The monoisotopic (exact) mass is 560 g/mol. The lowest BCUT2D eigenvalue weighted by atomic mass is 10.1. The molecule has 12 heteroatoms. The number of non-ortho nitro benzene ring substituents is 1. The summed E-state index contributed by atoms with van der Waals surface area (Å²) in [4.78, 5) is 39.4. The number of methoxy groups -OCH3 is 1. The van der Waals surface area contributed by atoms with Crippen LogP contribution in [0.15, 0.2) is 42.5 Å². The summed E-state index contributed by atoms with van der Waals surface area (Å²) in [6, 6.07) is 10.2. The number of anilines is 1. The number of aryl methyl sites for hydroxylation is 1. The lowest BCUT2D eigenvalue weighted by Crippen LogP contribution is -2.53. The van der Waals surface area contributed by atoms with Crippen molar-refractivity contribution in [2.45, 2.75) is 64.6 Å². The number of rotatable bonds is 12. The van der Waals surface area contributed by atoms with Crippen molar-refractivity contribution >= 4 is 33.2 Å². The van der Waals surface area contributed by atoms with Gasteiger partial charge >= 0.3 is 0 Å². The van der Waals surface area contributed by atoms with Crippen molar-refractivity contribution in [3.05, 3.63) is 63.7 Å². The lowest BCUT2D eigenvalue weighted by Gasteiger charge is -2.33. The highest BCUT2D eigenvalue weighted by Crippen LogP contribution is 2.34. The van der Waals surface area contributed by atoms with Gasteiger partial charge in [-0.2, -0.15) is 0 Å². The van der Waals surface area contributed by atoms with Gasteiger partial charge in [0.05, 0.1) is 18.3 Å². The van der Waals surface area contributed by atoms with E-state index < -0.39 is 33.4 Å². The van der Waals surface area contributed by atoms with Crippen LogP contribution in [-0.2, 0) is 26.2 Å². The highest BCUT2D eigenvalue weighted by molar-refractivity contribution is 7.92. The maximum absolute atomic E-state index is 13.9. The van der Waals surface area contributed by atoms with E-state index in [1.165, 1.54) is 24.1 Å². The molecule has 1 atom stereocenters. The molecule has 1 fully saturated rings. The molecule has 2 aromatic carbocycles. The zero-order valence-electron chi connectivity index (χ0n) is 22.8. The van der Waals surface area contributed by atoms with Gasteiger partial charge in [0, 0.05) is 24.7 Å². The summed E-state index contributed by atoms with van der Waals surface area (Å²) in [5.74, 6) is -0.860. The number of benzene rings is 2. The zero-order chi connectivity index (χ0) is 28.7. The first-order valence-electron chi connectivity index (χ1n) is 12.9. The zero-order valence-corrected chi connectivity index (χ0v) is 23.6. The molecule has 1 aliphatic carbocycles. The van der Waals surface area contributed by atoms with E-state index in [4.69, 9.17) is 4.74 Å². The number of ether oxygens (including phenoxy) is 1. The van der Waals surface area contributed by atoms with Crippen LogP contribution in [0.4, 0.5) is 11.4 Å². The number of nitro groups is 1. The largest absolute Gasteiger partial charge is 0.495 e. The molecule has 2 aromatic rings. The van der Waals surface area contributed by atoms with Crippen molar-refractivity contribution in [3.8, 4) is 5.75 Å². The van der Waals surface area contributed by atoms with Crippen molar-refractivity contribution < 1.29 is 27.7 Å². The van der Waals surface area contributed by atoms with Gasteiger partial charge in [-0.25, -0.2) is 8.42 Å². The molecular weight excluding hydrogens is 524 g/mol. The van der Waals surface area contributed by atoms with Gasteiger partial charge in [-0.3, -0.25) is 24.0 Å². The maximum atomic E-state index is 13.9. The van der Waals surface area contributed by atoms with Gasteiger partial charge in [-0.15, -0.1) is 0 Å². The molecule has 39 heavy (non-hydrogen) atoms. The fourth-order valence-electron chi connectivity index (χ4n) is 4.76. The SMILES string of the molecule is CC[C@H](C(=O)NC1CCCC1)N(Cc1ccc(C)cc1)C(=O)CN(c1cc([N+](=O)[O-])ccc1OC)S(C)(=O)=O. The molecule has 3 rings (SSSR count). The Kier molecular flexibility index (Phi) is 9.90. The predicted octanol–water partition coefficient (Wildman–Crippen LogP) is 3.54. The summed E-state index contributed by atoms with van der Waals surface area (Å²) in [7, 11) is -2.79. The number of nitrogens with one attached hydrogen (secondary N) is 1. The Balaban J connectivity index is 2.00. The molecule has 212 valence electrons. The average molecular weight is 561 g/mol. The van der Waals surface area contributed by atoms with E-state index in [0.29, 0.717) is 6.42 Å². The van der Waals surface area contributed by atoms with Crippen molar-refractivity contribution in [3.63, 3.8) is 0 Å². The fraction of sp³-hybridized carbons (Fsp3) is 0.481. The van der Waals surface area contributed by atoms with Crippen molar-refractivity contribution in [2.75, 3.05) is 24.2 Å². The predicted molar refractivity (Wildman–Crippen MR) is 148 cm³/mol. The van der Waals surface area contributed by atoms with Crippen LogP contribution in [0.2, 0.25) is 0 Å². The smallest absolute Gasteiger partial charge is 0.271 e. The van der Waals surface area contributed by atoms with E-state index in [2.05, 4.69) is 5.32 Å². The molecule has 1 aliphatic rings. The van der Waals surface area contributed by atoms with Gasteiger partial charge in [-0.1, -0.05) is 49.6 Å². The van der Waals surface area contributed by atoms with E-state index >= 15 is 0 Å². The molecule has 0 unspecified atom stereocenters. The molecule has 0 radical (unpaired) electrons. The quantitative estimate of drug-likeness (QED) is 0.309. The first-order chi connectivity index (χ1) is 18.4. The maximum Gasteiger partial charge on any atom is 0.271 e. The Labute approximate surface area is 229 Å². The van der Waals surface area contributed by atoms with Crippen LogP contribution in [-0.4, -0.2) is 62.0 Å². The number of sulfonamides is 1. The first kappa shape index (κ1) is 29.9. The van der Waals surface area contributed by atoms with Crippen LogP contribution in [0.5, 0.6) is 5.75 Å².